The molecule has 0 saturated heterocycles. The van der Waals surface area contributed by atoms with Gasteiger partial charge in [0, 0.05) is 0 Å². The van der Waals surface area contributed by atoms with Crippen molar-refractivity contribution in [1.82, 2.24) is 0 Å². The summed E-state index contributed by atoms with van der Waals surface area (Å²) in [7, 11) is 0. The Morgan fingerprint density at radius 1 is 1.40 bits per heavy atom. The van der Waals surface area contributed by atoms with E-state index >= 15 is 0 Å². The normalized spacial score (nSPS) is 10.7. The molecule has 0 spiro atoms. The fraction of sp³-hybridized carbons (Fsp3) is 0.308. The molecule has 1 aromatic carbocycles. The third-order valence-corrected chi connectivity index (χ3v) is 2.40. The van der Waals surface area contributed by atoms with E-state index < -0.39 is 0 Å². The summed E-state index contributed by atoms with van der Waals surface area (Å²) in [6.07, 6.45) is 6.88. The molecule has 0 atom stereocenters. The van der Waals surface area contributed by atoms with Crippen LogP contribution in [0, 0.1) is 0 Å². The van der Waals surface area contributed by atoms with Gasteiger partial charge in [-0.15, -0.1) is 0 Å². The lowest BCUT2D eigenvalue weighted by Gasteiger charge is -2.04. The smallest absolute Gasteiger partial charge is 0.181 e. The predicted molar refractivity (Wildman–Crippen MR) is 69.3 cm³/mol. The lowest BCUT2D eigenvalue weighted by Crippen LogP contribution is -1.90. The summed E-state index contributed by atoms with van der Waals surface area (Å²) in [5.41, 5.74) is 2.45. The summed E-state index contributed by atoms with van der Waals surface area (Å²) in [6, 6.07) is 8.20. The summed E-state index contributed by atoms with van der Waals surface area (Å²) in [5, 5.41) is 8.86. The molecule has 0 bridgehead atoms. The van der Waals surface area contributed by atoms with E-state index in [-0.39, 0.29) is 5.05 Å². The zero-order chi connectivity index (χ0) is 11.1. The molecule has 0 unspecified atom stereocenters. The van der Waals surface area contributed by atoms with E-state index in [0.717, 1.165) is 12.0 Å². The summed E-state index contributed by atoms with van der Waals surface area (Å²) < 4.78 is 0. The van der Waals surface area contributed by atoms with Crippen LogP contribution in [0.3, 0.4) is 0 Å². The lowest BCUT2D eigenvalue weighted by molar-refractivity contribution is 0.574. The van der Waals surface area contributed by atoms with Gasteiger partial charge in [0.05, 0.1) is 0 Å². The minimum atomic E-state index is -0.0692. The Bertz CT molecular complexity index is 355. The van der Waals surface area contributed by atoms with Crippen molar-refractivity contribution in [1.29, 1.82) is 0 Å². The summed E-state index contributed by atoms with van der Waals surface area (Å²) in [6.45, 7) is 2.18. The van der Waals surface area contributed by atoms with Gasteiger partial charge in [0.25, 0.3) is 0 Å². The second-order valence-electron chi connectivity index (χ2n) is 3.47. The third-order valence-electron chi connectivity index (χ3n) is 2.26. The first-order chi connectivity index (χ1) is 7.24. The number of hydrogen-bond acceptors (Lipinski definition) is 1. The molecule has 1 N–H and O–H groups in total. The third kappa shape index (κ3) is 4.26. The summed E-state index contributed by atoms with van der Waals surface area (Å²) in [4.78, 5) is 0. The van der Waals surface area contributed by atoms with E-state index in [1.54, 1.807) is 6.08 Å². The van der Waals surface area contributed by atoms with Crippen LogP contribution in [-0.2, 0) is 6.42 Å². The Balaban J connectivity index is 2.81. The van der Waals surface area contributed by atoms with Gasteiger partial charge >= 0.3 is 0 Å². The quantitative estimate of drug-likeness (QED) is 0.599. The minimum absolute atomic E-state index is 0.0692. The van der Waals surface area contributed by atoms with Crippen LogP contribution in [0.1, 0.15) is 30.9 Å². The van der Waals surface area contributed by atoms with Crippen LogP contribution in [0.25, 0.3) is 6.08 Å². The number of benzene rings is 1. The standard InChI is InChI=1S/C13H16OS/c1-2-3-6-11-7-4-5-8-12(11)9-10-13(14)15/h4-5,7-10H,2-3,6H2,1H3,(H,14,15). The Labute approximate surface area is 96.4 Å². The average molecular weight is 220 g/mol. The minimum Gasteiger partial charge on any atom is -0.499 e. The highest BCUT2D eigenvalue weighted by molar-refractivity contribution is 7.80. The van der Waals surface area contributed by atoms with Crippen molar-refractivity contribution in [2.75, 3.05) is 0 Å². The second-order valence-corrected chi connectivity index (χ2v) is 3.89. The van der Waals surface area contributed by atoms with Crippen molar-refractivity contribution in [2.45, 2.75) is 26.2 Å². The maximum Gasteiger partial charge on any atom is 0.181 e. The Hall–Kier alpha value is -1.15. The molecular weight excluding hydrogens is 204 g/mol. The lowest BCUT2D eigenvalue weighted by atomic mass is 10.0. The fourth-order valence-electron chi connectivity index (χ4n) is 1.45. The second kappa shape index (κ2) is 6.36. The molecule has 1 rings (SSSR count). The first-order valence-corrected chi connectivity index (χ1v) is 5.63. The Kier molecular flexibility index (Phi) is 5.05. The van der Waals surface area contributed by atoms with Crippen LogP contribution >= 0.6 is 12.2 Å². The number of unbranched alkanes of at least 4 members (excludes halogenated alkanes) is 1. The van der Waals surface area contributed by atoms with Crippen molar-refractivity contribution in [3.05, 3.63) is 41.5 Å². The molecule has 0 amide bonds. The van der Waals surface area contributed by atoms with Gasteiger partial charge in [0.15, 0.2) is 5.05 Å². The molecule has 80 valence electrons. The molecule has 0 aliphatic heterocycles. The Morgan fingerprint density at radius 2 is 2.13 bits per heavy atom. The number of thiocarbonyl (C=S) groups is 1. The van der Waals surface area contributed by atoms with Crippen molar-refractivity contribution >= 4 is 23.3 Å². The van der Waals surface area contributed by atoms with Crippen LogP contribution in [0.5, 0.6) is 0 Å². The molecule has 1 aromatic rings. The highest BCUT2D eigenvalue weighted by atomic mass is 32.1. The van der Waals surface area contributed by atoms with Gasteiger partial charge in [0.2, 0.25) is 0 Å². The van der Waals surface area contributed by atoms with E-state index in [0.29, 0.717) is 0 Å². The van der Waals surface area contributed by atoms with Gasteiger partial charge in [-0.05, 0) is 42.3 Å². The van der Waals surface area contributed by atoms with E-state index in [2.05, 4.69) is 25.2 Å². The van der Waals surface area contributed by atoms with Gasteiger partial charge in [0.1, 0.15) is 0 Å². The number of aryl methyl sites for hydroxylation is 1. The van der Waals surface area contributed by atoms with Crippen LogP contribution in [-0.4, -0.2) is 10.2 Å². The highest BCUT2D eigenvalue weighted by Crippen LogP contribution is 2.13. The molecule has 2 heteroatoms. The molecule has 0 heterocycles. The molecule has 1 nitrogen and oxygen atoms in total. The molecule has 0 aromatic heterocycles. The zero-order valence-corrected chi connectivity index (χ0v) is 9.76. The topological polar surface area (TPSA) is 20.2 Å². The van der Waals surface area contributed by atoms with Gasteiger partial charge < -0.3 is 5.11 Å². The van der Waals surface area contributed by atoms with Crippen molar-refractivity contribution < 1.29 is 5.11 Å². The van der Waals surface area contributed by atoms with Crippen LogP contribution in [0.4, 0.5) is 0 Å². The summed E-state index contributed by atoms with van der Waals surface area (Å²) in [5.74, 6) is 0. The van der Waals surface area contributed by atoms with Gasteiger partial charge in [-0.25, -0.2) is 0 Å². The van der Waals surface area contributed by atoms with Crippen LogP contribution < -0.4 is 0 Å². The first kappa shape index (κ1) is 11.9. The van der Waals surface area contributed by atoms with Gasteiger partial charge in [-0.3, -0.25) is 0 Å². The van der Waals surface area contributed by atoms with Gasteiger partial charge in [-0.2, -0.15) is 0 Å². The molecule has 0 aliphatic carbocycles. The van der Waals surface area contributed by atoms with E-state index in [1.165, 1.54) is 18.4 Å². The van der Waals surface area contributed by atoms with E-state index in [9.17, 15) is 0 Å². The average Bonchev–Trinajstić information content (AvgIpc) is 2.24. The molecule has 0 radical (unpaired) electrons. The largest absolute Gasteiger partial charge is 0.499 e. The molecule has 0 saturated carbocycles. The zero-order valence-electron chi connectivity index (χ0n) is 8.94. The first-order valence-electron chi connectivity index (χ1n) is 5.23. The van der Waals surface area contributed by atoms with Crippen molar-refractivity contribution in [2.24, 2.45) is 0 Å². The number of hydrogen-bond donors (Lipinski definition) is 1. The predicted octanol–water partition coefficient (Wildman–Crippen LogP) is 3.93. The number of aliphatic hydroxyl groups excluding tert-OH is 1. The summed E-state index contributed by atoms with van der Waals surface area (Å²) >= 11 is 4.59. The maximum atomic E-state index is 8.93. The van der Waals surface area contributed by atoms with Gasteiger partial charge in [-0.1, -0.05) is 43.7 Å². The monoisotopic (exact) mass is 220 g/mol. The SMILES string of the molecule is CCCCc1ccccc1C=CC(O)=S. The molecule has 0 fully saturated rings. The Morgan fingerprint density at radius 3 is 2.80 bits per heavy atom. The molecular formula is C13H16OS. The number of aliphatic hydroxyl groups is 1. The fourth-order valence-corrected chi connectivity index (χ4v) is 1.52. The molecule has 15 heavy (non-hydrogen) atoms. The highest BCUT2D eigenvalue weighted by Gasteiger charge is 1.97. The van der Waals surface area contributed by atoms with Crippen molar-refractivity contribution in [3.8, 4) is 0 Å². The number of rotatable bonds is 5. The van der Waals surface area contributed by atoms with E-state index in [4.69, 9.17) is 5.11 Å². The van der Waals surface area contributed by atoms with Crippen LogP contribution in [0.2, 0.25) is 0 Å². The maximum absolute atomic E-state index is 8.93. The van der Waals surface area contributed by atoms with E-state index in [1.807, 2.05) is 24.3 Å². The van der Waals surface area contributed by atoms with Crippen molar-refractivity contribution in [3.63, 3.8) is 0 Å². The molecule has 0 aliphatic rings. The van der Waals surface area contributed by atoms with Crippen LogP contribution in [0.15, 0.2) is 30.3 Å².